The van der Waals surface area contributed by atoms with Crippen LogP contribution in [0, 0.1) is 5.92 Å². The van der Waals surface area contributed by atoms with Crippen molar-refractivity contribution in [3.05, 3.63) is 12.7 Å². The lowest BCUT2D eigenvalue weighted by Crippen LogP contribution is -2.37. The van der Waals surface area contributed by atoms with Crippen LogP contribution in [0.15, 0.2) is 17.6 Å². The van der Waals surface area contributed by atoms with E-state index in [1.54, 1.807) is 6.08 Å². The number of sulfone groups is 1. The Morgan fingerprint density at radius 3 is 2.74 bits per heavy atom. The molecular formula is C16H24N2O3S2. The Morgan fingerprint density at radius 2 is 2.04 bits per heavy atom. The van der Waals surface area contributed by atoms with Gasteiger partial charge in [0.15, 0.2) is 15.0 Å². The standard InChI is InChI=1S/C16H24N2O3S2/c1-2-8-18-13-10-23(20,21)11-14(13)22-16(18)17-15(19)9-12-6-4-3-5-7-12/h2,12-14H,1,3-11H2/t13-,14+/m0/s1. The molecule has 7 heteroatoms. The van der Waals surface area contributed by atoms with E-state index in [0.717, 1.165) is 12.8 Å². The highest BCUT2D eigenvalue weighted by molar-refractivity contribution is 8.15. The van der Waals surface area contributed by atoms with Crippen LogP contribution in [-0.2, 0) is 14.6 Å². The second-order valence-corrected chi connectivity index (χ2v) is 10.1. The van der Waals surface area contributed by atoms with E-state index in [4.69, 9.17) is 0 Å². The fraction of sp³-hybridized carbons (Fsp3) is 0.750. The van der Waals surface area contributed by atoms with Crippen LogP contribution in [0.4, 0.5) is 0 Å². The highest BCUT2D eigenvalue weighted by Gasteiger charge is 2.48. The number of nitrogens with zero attached hydrogens (tertiary/aromatic N) is 2. The zero-order chi connectivity index (χ0) is 16.4. The predicted octanol–water partition coefficient (Wildman–Crippen LogP) is 2.24. The van der Waals surface area contributed by atoms with Gasteiger partial charge in [0.2, 0.25) is 5.91 Å². The van der Waals surface area contributed by atoms with Crippen molar-refractivity contribution in [2.45, 2.75) is 49.8 Å². The first kappa shape index (κ1) is 17.0. The van der Waals surface area contributed by atoms with Crippen molar-refractivity contribution >= 4 is 32.7 Å². The Balaban J connectivity index is 1.68. The van der Waals surface area contributed by atoms with Crippen molar-refractivity contribution in [2.75, 3.05) is 18.1 Å². The van der Waals surface area contributed by atoms with E-state index in [9.17, 15) is 13.2 Å². The molecule has 2 heterocycles. The van der Waals surface area contributed by atoms with Gasteiger partial charge in [0.25, 0.3) is 0 Å². The molecule has 1 aliphatic carbocycles. The summed E-state index contributed by atoms with van der Waals surface area (Å²) in [6.07, 6.45) is 8.24. The monoisotopic (exact) mass is 356 g/mol. The van der Waals surface area contributed by atoms with Gasteiger partial charge in [-0.3, -0.25) is 4.79 Å². The average Bonchev–Trinajstić information content (AvgIpc) is 2.93. The minimum atomic E-state index is -2.97. The van der Waals surface area contributed by atoms with Crippen LogP contribution in [0.2, 0.25) is 0 Å². The quantitative estimate of drug-likeness (QED) is 0.723. The lowest BCUT2D eigenvalue weighted by molar-refractivity contribution is -0.118. The first-order chi connectivity index (χ1) is 11.0. The fourth-order valence-electron chi connectivity index (χ4n) is 3.78. The molecule has 3 fully saturated rings. The highest BCUT2D eigenvalue weighted by atomic mass is 32.2. The number of hydrogen-bond donors (Lipinski definition) is 0. The number of rotatable bonds is 4. The molecule has 2 atom stereocenters. The molecule has 0 aromatic rings. The molecule has 2 aliphatic heterocycles. The van der Waals surface area contributed by atoms with Crippen LogP contribution in [0.1, 0.15) is 38.5 Å². The van der Waals surface area contributed by atoms with Gasteiger partial charge in [-0.25, -0.2) is 8.42 Å². The third-order valence-corrected chi connectivity index (χ3v) is 8.16. The van der Waals surface area contributed by atoms with Crippen LogP contribution < -0.4 is 0 Å². The molecule has 3 rings (SSSR count). The number of hydrogen-bond acceptors (Lipinski definition) is 4. The third kappa shape index (κ3) is 3.99. The zero-order valence-electron chi connectivity index (χ0n) is 13.3. The first-order valence-electron chi connectivity index (χ1n) is 8.34. The maximum absolute atomic E-state index is 12.3. The summed E-state index contributed by atoms with van der Waals surface area (Å²) < 4.78 is 23.6. The van der Waals surface area contributed by atoms with Crippen LogP contribution >= 0.6 is 11.8 Å². The number of aliphatic imine (C=N–C) groups is 1. The van der Waals surface area contributed by atoms with E-state index >= 15 is 0 Å². The summed E-state index contributed by atoms with van der Waals surface area (Å²) in [5.41, 5.74) is 0. The molecule has 0 radical (unpaired) electrons. The number of amides is 1. The summed E-state index contributed by atoms with van der Waals surface area (Å²) in [5, 5.41) is 0.691. The number of amidine groups is 1. The van der Waals surface area contributed by atoms with Crippen molar-refractivity contribution in [1.29, 1.82) is 0 Å². The smallest absolute Gasteiger partial charge is 0.248 e. The van der Waals surface area contributed by atoms with E-state index in [2.05, 4.69) is 11.6 Å². The SMILES string of the molecule is C=CCN1C(=NC(=O)CC2CCCCC2)S[C@@H]2CS(=O)(=O)C[C@@H]21. The van der Waals surface area contributed by atoms with Gasteiger partial charge in [-0.05, 0) is 18.8 Å². The van der Waals surface area contributed by atoms with Gasteiger partial charge in [0.1, 0.15) is 0 Å². The van der Waals surface area contributed by atoms with E-state index in [1.807, 2.05) is 4.90 Å². The summed E-state index contributed by atoms with van der Waals surface area (Å²) in [5.74, 6) is 0.760. The van der Waals surface area contributed by atoms with Crippen molar-refractivity contribution in [2.24, 2.45) is 10.9 Å². The van der Waals surface area contributed by atoms with Crippen LogP contribution in [0.5, 0.6) is 0 Å². The molecule has 1 saturated carbocycles. The molecule has 128 valence electrons. The summed E-state index contributed by atoms with van der Waals surface area (Å²) in [4.78, 5) is 18.6. The van der Waals surface area contributed by atoms with Gasteiger partial charge in [0, 0.05) is 18.2 Å². The predicted molar refractivity (Wildman–Crippen MR) is 94.4 cm³/mol. The molecule has 5 nitrogen and oxygen atoms in total. The molecule has 0 aromatic heterocycles. The Morgan fingerprint density at radius 1 is 1.30 bits per heavy atom. The zero-order valence-corrected chi connectivity index (χ0v) is 14.9. The average molecular weight is 357 g/mol. The lowest BCUT2D eigenvalue weighted by Gasteiger charge is -2.23. The van der Waals surface area contributed by atoms with Crippen LogP contribution in [0.25, 0.3) is 0 Å². The molecule has 0 unspecified atom stereocenters. The summed E-state index contributed by atoms with van der Waals surface area (Å²) in [7, 11) is -2.97. The summed E-state index contributed by atoms with van der Waals surface area (Å²) in [6, 6.07) is -0.0655. The summed E-state index contributed by atoms with van der Waals surface area (Å²) >= 11 is 1.45. The van der Waals surface area contributed by atoms with E-state index in [1.165, 1.54) is 31.0 Å². The van der Waals surface area contributed by atoms with Gasteiger partial charge < -0.3 is 4.90 Å². The van der Waals surface area contributed by atoms with Crippen molar-refractivity contribution in [3.63, 3.8) is 0 Å². The summed E-state index contributed by atoms with van der Waals surface area (Å²) in [6.45, 7) is 4.28. The Bertz CT molecular complexity index is 609. The molecule has 0 spiro atoms. The molecule has 2 saturated heterocycles. The van der Waals surface area contributed by atoms with Crippen molar-refractivity contribution in [3.8, 4) is 0 Å². The topological polar surface area (TPSA) is 66.8 Å². The molecule has 1 amide bonds. The number of thioether (sulfide) groups is 1. The number of carbonyl (C=O) groups excluding carboxylic acids is 1. The van der Waals surface area contributed by atoms with E-state index < -0.39 is 9.84 Å². The number of carbonyl (C=O) groups is 1. The maximum Gasteiger partial charge on any atom is 0.248 e. The number of fused-ring (bicyclic) bond motifs is 1. The fourth-order valence-corrected chi connectivity index (χ4v) is 7.76. The van der Waals surface area contributed by atoms with Gasteiger partial charge in [0.05, 0.1) is 17.5 Å². The molecule has 0 aromatic carbocycles. The van der Waals surface area contributed by atoms with Gasteiger partial charge in [-0.15, -0.1) is 6.58 Å². The van der Waals surface area contributed by atoms with Crippen molar-refractivity contribution < 1.29 is 13.2 Å². The second kappa shape index (κ2) is 6.97. The Labute approximate surface area is 142 Å². The minimum Gasteiger partial charge on any atom is -0.342 e. The Hall–Kier alpha value is -0.820. The molecule has 0 N–H and O–H groups in total. The molecule has 3 aliphatic rings. The third-order valence-electron chi connectivity index (χ3n) is 4.91. The van der Waals surface area contributed by atoms with Gasteiger partial charge in [-0.2, -0.15) is 4.99 Å². The molecule has 23 heavy (non-hydrogen) atoms. The van der Waals surface area contributed by atoms with Crippen LogP contribution in [-0.4, -0.2) is 53.7 Å². The van der Waals surface area contributed by atoms with Gasteiger partial charge in [-0.1, -0.05) is 37.1 Å². The van der Waals surface area contributed by atoms with Gasteiger partial charge >= 0.3 is 0 Å². The van der Waals surface area contributed by atoms with E-state index in [-0.39, 0.29) is 28.7 Å². The Kier molecular flexibility index (Phi) is 5.16. The highest BCUT2D eigenvalue weighted by Crippen LogP contribution is 2.38. The first-order valence-corrected chi connectivity index (χ1v) is 11.0. The second-order valence-electron chi connectivity index (χ2n) is 6.74. The largest absolute Gasteiger partial charge is 0.342 e. The van der Waals surface area contributed by atoms with E-state index in [0.29, 0.717) is 24.1 Å². The molecule has 0 bridgehead atoms. The lowest BCUT2D eigenvalue weighted by atomic mass is 9.87. The van der Waals surface area contributed by atoms with Crippen molar-refractivity contribution in [1.82, 2.24) is 4.90 Å². The maximum atomic E-state index is 12.3. The minimum absolute atomic E-state index is 0.00109. The van der Waals surface area contributed by atoms with Crippen LogP contribution in [0.3, 0.4) is 0 Å². The normalized spacial score (nSPS) is 32.2. The molecular weight excluding hydrogens is 332 g/mol.